The maximum Gasteiger partial charge on any atom is 0.260 e. The minimum Gasteiger partial charge on any atom is -0.497 e. The molecule has 2 aromatic carbocycles. The van der Waals surface area contributed by atoms with E-state index in [0.717, 1.165) is 12.0 Å². The number of ether oxygens (including phenoxy) is 2. The van der Waals surface area contributed by atoms with Crippen LogP contribution in [-0.4, -0.2) is 81.7 Å². The fourth-order valence-corrected chi connectivity index (χ4v) is 5.33. The number of methoxy groups -OCH3 is 1. The van der Waals surface area contributed by atoms with Gasteiger partial charge in [0.15, 0.2) is 12.4 Å². The van der Waals surface area contributed by atoms with E-state index >= 15 is 0 Å². The number of hydrogen-bond acceptors (Lipinski definition) is 7. The summed E-state index contributed by atoms with van der Waals surface area (Å²) in [6.45, 7) is 3.35. The Kier molecular flexibility index (Phi) is 8.81. The van der Waals surface area contributed by atoms with E-state index in [0.29, 0.717) is 62.2 Å². The van der Waals surface area contributed by atoms with E-state index in [-0.39, 0.29) is 30.7 Å². The SMILES string of the molecule is COc1cccc(OCC(=O)N2CCCC(=O)N3CCC[C@H]3C(=O)N[C@@H](C)c3nc(-c4ccccc4)nn3CC2)c1. The topological polar surface area (TPSA) is 119 Å². The Morgan fingerprint density at radius 2 is 1.80 bits per heavy atom. The van der Waals surface area contributed by atoms with Crippen LogP contribution in [0.4, 0.5) is 0 Å². The number of carbonyl (C=O) groups excluding carboxylic acids is 3. The van der Waals surface area contributed by atoms with E-state index < -0.39 is 12.1 Å². The summed E-state index contributed by atoms with van der Waals surface area (Å²) < 4.78 is 12.8. The smallest absolute Gasteiger partial charge is 0.260 e. The van der Waals surface area contributed by atoms with Gasteiger partial charge in [-0.25, -0.2) is 9.67 Å². The van der Waals surface area contributed by atoms with Gasteiger partial charge in [-0.2, -0.15) is 5.10 Å². The molecule has 0 spiro atoms. The molecule has 0 bridgehead atoms. The average Bonchev–Trinajstić information content (AvgIpc) is 3.66. The highest BCUT2D eigenvalue weighted by atomic mass is 16.5. The molecule has 1 fully saturated rings. The first-order valence-corrected chi connectivity index (χ1v) is 14.1. The third kappa shape index (κ3) is 6.67. The number of rotatable bonds is 5. The van der Waals surface area contributed by atoms with E-state index in [1.165, 1.54) is 0 Å². The van der Waals surface area contributed by atoms with Gasteiger partial charge in [-0.15, -0.1) is 0 Å². The van der Waals surface area contributed by atoms with Crippen molar-refractivity contribution < 1.29 is 23.9 Å². The molecule has 1 aromatic heterocycles. The summed E-state index contributed by atoms with van der Waals surface area (Å²) in [6, 6.07) is 15.8. The first-order chi connectivity index (χ1) is 19.9. The van der Waals surface area contributed by atoms with Crippen molar-refractivity contribution in [3.05, 3.63) is 60.4 Å². The van der Waals surface area contributed by atoms with Crippen molar-refractivity contribution in [3.8, 4) is 22.9 Å². The highest BCUT2D eigenvalue weighted by molar-refractivity contribution is 5.88. The normalized spacial score (nSPS) is 20.0. The predicted molar refractivity (Wildman–Crippen MR) is 151 cm³/mol. The van der Waals surface area contributed by atoms with Gasteiger partial charge in [0.05, 0.1) is 19.7 Å². The largest absolute Gasteiger partial charge is 0.497 e. The first kappa shape index (κ1) is 28.1. The molecule has 0 saturated carbocycles. The number of aromatic nitrogens is 3. The van der Waals surface area contributed by atoms with Crippen LogP contribution in [0, 0.1) is 0 Å². The maximum atomic E-state index is 13.3. The first-order valence-electron chi connectivity index (χ1n) is 14.1. The van der Waals surface area contributed by atoms with Gasteiger partial charge in [0, 0.05) is 37.7 Å². The number of nitrogens with one attached hydrogen (secondary N) is 1. The van der Waals surface area contributed by atoms with Crippen molar-refractivity contribution in [2.75, 3.05) is 33.4 Å². The molecule has 11 heteroatoms. The zero-order valence-electron chi connectivity index (χ0n) is 23.5. The Labute approximate surface area is 239 Å². The molecule has 1 N–H and O–H groups in total. The Morgan fingerprint density at radius 3 is 2.61 bits per heavy atom. The third-order valence-corrected chi connectivity index (χ3v) is 7.51. The Hall–Kier alpha value is -4.41. The summed E-state index contributed by atoms with van der Waals surface area (Å²) in [4.78, 5) is 47.8. The summed E-state index contributed by atoms with van der Waals surface area (Å²) in [5.41, 5.74) is 0.858. The van der Waals surface area contributed by atoms with E-state index in [2.05, 4.69) is 5.32 Å². The van der Waals surface area contributed by atoms with Crippen LogP contribution < -0.4 is 14.8 Å². The molecule has 3 heterocycles. The monoisotopic (exact) mass is 560 g/mol. The molecule has 0 unspecified atom stereocenters. The molecule has 3 amide bonds. The van der Waals surface area contributed by atoms with E-state index in [1.807, 2.05) is 37.3 Å². The van der Waals surface area contributed by atoms with Gasteiger partial charge in [-0.3, -0.25) is 14.4 Å². The van der Waals surface area contributed by atoms with Gasteiger partial charge < -0.3 is 24.6 Å². The van der Waals surface area contributed by atoms with E-state index in [1.54, 1.807) is 45.9 Å². The molecular weight excluding hydrogens is 524 g/mol. The van der Waals surface area contributed by atoms with Gasteiger partial charge in [0.2, 0.25) is 11.8 Å². The lowest BCUT2D eigenvalue weighted by Crippen LogP contribution is -2.47. The quantitative estimate of drug-likeness (QED) is 0.510. The lowest BCUT2D eigenvalue weighted by Gasteiger charge is -2.28. The molecular formula is C30H36N6O5. The summed E-state index contributed by atoms with van der Waals surface area (Å²) in [7, 11) is 1.57. The summed E-state index contributed by atoms with van der Waals surface area (Å²) >= 11 is 0. The average molecular weight is 561 g/mol. The second-order valence-electron chi connectivity index (χ2n) is 10.3. The second-order valence-corrected chi connectivity index (χ2v) is 10.3. The Bertz CT molecular complexity index is 1380. The number of nitrogens with zero attached hydrogens (tertiary/aromatic N) is 5. The second kappa shape index (κ2) is 12.8. The van der Waals surface area contributed by atoms with Crippen LogP contribution >= 0.6 is 0 Å². The summed E-state index contributed by atoms with van der Waals surface area (Å²) in [5, 5.41) is 7.82. The van der Waals surface area contributed by atoms with Crippen molar-refractivity contribution in [1.82, 2.24) is 29.9 Å². The molecule has 2 aliphatic heterocycles. The van der Waals surface area contributed by atoms with Crippen LogP contribution in [0.3, 0.4) is 0 Å². The molecule has 41 heavy (non-hydrogen) atoms. The molecule has 11 nitrogen and oxygen atoms in total. The van der Waals surface area contributed by atoms with Gasteiger partial charge in [0.1, 0.15) is 23.4 Å². The van der Waals surface area contributed by atoms with Crippen molar-refractivity contribution >= 4 is 17.7 Å². The summed E-state index contributed by atoms with van der Waals surface area (Å²) in [5.74, 6) is 1.86. The maximum absolute atomic E-state index is 13.3. The number of amides is 3. The van der Waals surface area contributed by atoms with Gasteiger partial charge in [-0.1, -0.05) is 36.4 Å². The van der Waals surface area contributed by atoms with E-state index in [4.69, 9.17) is 19.6 Å². The number of carbonyl (C=O) groups is 3. The summed E-state index contributed by atoms with van der Waals surface area (Å²) in [6.07, 6.45) is 2.13. The van der Waals surface area contributed by atoms with Crippen molar-refractivity contribution in [3.63, 3.8) is 0 Å². The molecule has 216 valence electrons. The standard InChI is InChI=1S/C30H36N6O5/c1-21-29-32-28(22-9-4-3-5-10-22)33-36(29)18-17-34(27(38)20-41-24-12-6-11-23(19-24)40-2)15-8-14-26(37)35-16-7-13-25(35)30(39)31-21/h3-6,9-12,19,21,25H,7-8,13-18,20H2,1-2H3,(H,31,39)/t21-,25-/m0/s1. The molecule has 0 radical (unpaired) electrons. The number of fused-ring (bicyclic) bond motifs is 2. The number of benzene rings is 2. The molecule has 1 saturated heterocycles. The predicted octanol–water partition coefficient (Wildman–Crippen LogP) is 2.82. The van der Waals surface area contributed by atoms with Crippen LogP contribution in [0.5, 0.6) is 11.5 Å². The van der Waals surface area contributed by atoms with Crippen LogP contribution in [0.1, 0.15) is 44.5 Å². The van der Waals surface area contributed by atoms with Crippen molar-refractivity contribution in [2.45, 2.75) is 51.2 Å². The molecule has 2 aliphatic rings. The van der Waals surface area contributed by atoms with Gasteiger partial charge in [0.25, 0.3) is 5.91 Å². The van der Waals surface area contributed by atoms with E-state index in [9.17, 15) is 14.4 Å². The lowest BCUT2D eigenvalue weighted by molar-refractivity contribution is -0.139. The van der Waals surface area contributed by atoms with Crippen molar-refractivity contribution in [2.24, 2.45) is 0 Å². The van der Waals surface area contributed by atoms with Crippen LogP contribution in [0.25, 0.3) is 11.4 Å². The lowest BCUT2D eigenvalue weighted by atomic mass is 10.1. The Morgan fingerprint density at radius 1 is 1.00 bits per heavy atom. The zero-order chi connectivity index (χ0) is 28.8. The fourth-order valence-electron chi connectivity index (χ4n) is 5.33. The molecule has 2 atom stereocenters. The highest BCUT2D eigenvalue weighted by Gasteiger charge is 2.35. The van der Waals surface area contributed by atoms with Crippen LogP contribution in [-0.2, 0) is 20.9 Å². The zero-order valence-corrected chi connectivity index (χ0v) is 23.5. The van der Waals surface area contributed by atoms with Gasteiger partial charge in [-0.05, 0) is 38.3 Å². The fraction of sp³-hybridized carbons (Fsp3) is 0.433. The van der Waals surface area contributed by atoms with Gasteiger partial charge >= 0.3 is 0 Å². The minimum absolute atomic E-state index is 0.0677. The molecule has 5 rings (SSSR count). The van der Waals surface area contributed by atoms with Crippen LogP contribution in [0.2, 0.25) is 0 Å². The van der Waals surface area contributed by atoms with Crippen LogP contribution in [0.15, 0.2) is 54.6 Å². The molecule has 3 aromatic rings. The van der Waals surface area contributed by atoms with Crippen molar-refractivity contribution in [1.29, 1.82) is 0 Å². The third-order valence-electron chi connectivity index (χ3n) is 7.51. The molecule has 0 aliphatic carbocycles. The highest BCUT2D eigenvalue weighted by Crippen LogP contribution is 2.23. The number of hydrogen-bond donors (Lipinski definition) is 1. The Balaban J connectivity index is 1.40. The minimum atomic E-state index is -0.508.